The largest absolute Gasteiger partial charge is 0.497 e. The molecule has 5 rings (SSSR count). The van der Waals surface area contributed by atoms with E-state index < -0.39 is 0 Å². The Morgan fingerprint density at radius 1 is 1.24 bits per heavy atom. The number of nitrogens with one attached hydrogen (secondary N) is 1. The van der Waals surface area contributed by atoms with Gasteiger partial charge in [0.2, 0.25) is 16.0 Å². The fourth-order valence-electron chi connectivity index (χ4n) is 4.05. The molecule has 9 heteroatoms. The third kappa shape index (κ3) is 4.54. The Kier molecular flexibility index (Phi) is 5.95. The first-order valence-corrected chi connectivity index (χ1v) is 12.0. The lowest BCUT2D eigenvalue weighted by Gasteiger charge is -2.31. The van der Waals surface area contributed by atoms with Crippen molar-refractivity contribution in [3.8, 4) is 17.0 Å². The number of piperidine rings is 1. The molecule has 170 valence electrons. The van der Waals surface area contributed by atoms with Gasteiger partial charge in [-0.05, 0) is 61.7 Å². The van der Waals surface area contributed by atoms with Crippen molar-refractivity contribution in [3.63, 3.8) is 0 Å². The van der Waals surface area contributed by atoms with Crippen molar-refractivity contribution in [2.45, 2.75) is 19.8 Å². The van der Waals surface area contributed by atoms with Gasteiger partial charge in [0.15, 0.2) is 0 Å². The Hall–Kier alpha value is -3.10. The third-order valence-corrected chi connectivity index (χ3v) is 7.16. The molecule has 1 aliphatic rings. The zero-order valence-corrected chi connectivity index (χ0v) is 20.0. The van der Waals surface area contributed by atoms with E-state index in [1.807, 2.05) is 54.0 Å². The summed E-state index contributed by atoms with van der Waals surface area (Å²) in [6.07, 6.45) is 3.73. The van der Waals surface area contributed by atoms with Crippen molar-refractivity contribution in [1.82, 2.24) is 14.6 Å². The molecule has 0 spiro atoms. The first kappa shape index (κ1) is 21.7. The van der Waals surface area contributed by atoms with Crippen LogP contribution in [0, 0.1) is 12.8 Å². The predicted molar refractivity (Wildman–Crippen MR) is 133 cm³/mol. The van der Waals surface area contributed by atoms with Gasteiger partial charge in [-0.1, -0.05) is 29.0 Å². The number of aromatic nitrogens is 3. The van der Waals surface area contributed by atoms with Gasteiger partial charge in [0, 0.05) is 29.4 Å². The van der Waals surface area contributed by atoms with E-state index in [0.29, 0.717) is 11.6 Å². The Bertz CT molecular complexity index is 1270. The van der Waals surface area contributed by atoms with Crippen LogP contribution in [0.25, 0.3) is 16.2 Å². The molecule has 1 saturated heterocycles. The zero-order chi connectivity index (χ0) is 22.9. The van der Waals surface area contributed by atoms with Crippen LogP contribution in [0.3, 0.4) is 0 Å². The number of benzene rings is 2. The number of halogens is 1. The molecular formula is C24H24ClN5O2S. The summed E-state index contributed by atoms with van der Waals surface area (Å²) in [4.78, 5) is 20.7. The van der Waals surface area contributed by atoms with Gasteiger partial charge in [0.25, 0.3) is 0 Å². The van der Waals surface area contributed by atoms with Crippen LogP contribution in [0.2, 0.25) is 5.02 Å². The number of nitrogens with zero attached hydrogens (tertiary/aromatic N) is 4. The van der Waals surface area contributed by atoms with E-state index in [0.717, 1.165) is 57.7 Å². The standard InChI is InChI=1S/C24H24ClN5O2S/c1-15-5-8-18(25)12-20(15)26-22(31)17-4-3-11-29(13-17)24-28-30-14-21(27-23(30)33-24)16-6-9-19(32-2)10-7-16/h5-10,12,14,17H,3-4,11,13H2,1-2H3,(H,26,31). The number of aryl methyl sites for hydroxylation is 1. The van der Waals surface area contributed by atoms with Crippen molar-refractivity contribution in [3.05, 3.63) is 59.2 Å². The summed E-state index contributed by atoms with van der Waals surface area (Å²) in [7, 11) is 1.65. The Morgan fingerprint density at radius 3 is 2.82 bits per heavy atom. The zero-order valence-electron chi connectivity index (χ0n) is 18.4. The van der Waals surface area contributed by atoms with Crippen LogP contribution in [0.4, 0.5) is 10.8 Å². The van der Waals surface area contributed by atoms with Crippen molar-refractivity contribution in [1.29, 1.82) is 0 Å². The lowest BCUT2D eigenvalue weighted by molar-refractivity contribution is -0.120. The lowest BCUT2D eigenvalue weighted by Crippen LogP contribution is -2.40. The van der Waals surface area contributed by atoms with E-state index in [1.54, 1.807) is 24.5 Å². The number of rotatable bonds is 5. The first-order valence-electron chi connectivity index (χ1n) is 10.8. The van der Waals surface area contributed by atoms with Crippen molar-refractivity contribution in [2.75, 3.05) is 30.4 Å². The van der Waals surface area contributed by atoms with E-state index in [-0.39, 0.29) is 11.8 Å². The van der Waals surface area contributed by atoms with Crippen LogP contribution in [-0.4, -0.2) is 40.7 Å². The molecule has 7 nitrogen and oxygen atoms in total. The second-order valence-electron chi connectivity index (χ2n) is 8.20. The number of hydrogen-bond donors (Lipinski definition) is 1. The van der Waals surface area contributed by atoms with Gasteiger partial charge in [-0.2, -0.15) is 0 Å². The van der Waals surface area contributed by atoms with Gasteiger partial charge in [-0.25, -0.2) is 9.50 Å². The van der Waals surface area contributed by atoms with Gasteiger partial charge in [0.1, 0.15) is 5.75 Å². The average molecular weight is 482 g/mol. The topological polar surface area (TPSA) is 71.8 Å². The van der Waals surface area contributed by atoms with E-state index in [9.17, 15) is 4.79 Å². The Balaban J connectivity index is 1.29. The van der Waals surface area contributed by atoms with Crippen molar-refractivity contribution in [2.24, 2.45) is 5.92 Å². The van der Waals surface area contributed by atoms with Crippen LogP contribution in [0.15, 0.2) is 48.7 Å². The van der Waals surface area contributed by atoms with Crippen molar-refractivity contribution < 1.29 is 9.53 Å². The van der Waals surface area contributed by atoms with Gasteiger partial charge in [-0.3, -0.25) is 4.79 Å². The van der Waals surface area contributed by atoms with E-state index in [4.69, 9.17) is 26.4 Å². The summed E-state index contributed by atoms with van der Waals surface area (Å²) >= 11 is 7.64. The summed E-state index contributed by atoms with van der Waals surface area (Å²) in [6, 6.07) is 13.4. The van der Waals surface area contributed by atoms with E-state index in [2.05, 4.69) is 10.2 Å². The number of imidazole rings is 1. The third-order valence-electron chi connectivity index (χ3n) is 5.94. The average Bonchev–Trinajstić information content (AvgIpc) is 3.41. The van der Waals surface area contributed by atoms with Gasteiger partial charge in [-0.15, -0.1) is 5.10 Å². The Morgan fingerprint density at radius 2 is 2.06 bits per heavy atom. The molecule has 1 aliphatic heterocycles. The second-order valence-corrected chi connectivity index (χ2v) is 9.57. The number of anilines is 2. The van der Waals surface area contributed by atoms with Crippen LogP contribution >= 0.6 is 22.9 Å². The highest BCUT2D eigenvalue weighted by Gasteiger charge is 2.28. The number of hydrogen-bond acceptors (Lipinski definition) is 6. The highest BCUT2D eigenvalue weighted by molar-refractivity contribution is 7.20. The molecular weight excluding hydrogens is 458 g/mol. The quantitative estimate of drug-likeness (QED) is 0.419. The smallest absolute Gasteiger partial charge is 0.229 e. The van der Waals surface area contributed by atoms with Gasteiger partial charge < -0.3 is 15.0 Å². The lowest BCUT2D eigenvalue weighted by atomic mass is 9.97. The molecule has 2 aromatic carbocycles. The number of carbonyl (C=O) groups excluding carboxylic acids is 1. The summed E-state index contributed by atoms with van der Waals surface area (Å²) < 4.78 is 7.04. The number of ether oxygens (including phenoxy) is 1. The van der Waals surface area contributed by atoms with Crippen LogP contribution in [0.1, 0.15) is 18.4 Å². The Labute approximate surface area is 201 Å². The molecule has 3 heterocycles. The first-order chi connectivity index (χ1) is 16.0. The molecule has 1 amide bonds. The molecule has 1 fully saturated rings. The normalized spacial score (nSPS) is 16.2. The fraction of sp³-hybridized carbons (Fsp3) is 0.292. The van der Waals surface area contributed by atoms with Gasteiger partial charge in [0.05, 0.1) is 24.9 Å². The molecule has 0 radical (unpaired) electrons. The predicted octanol–water partition coefficient (Wildman–Crippen LogP) is 5.28. The number of fused-ring (bicyclic) bond motifs is 1. The minimum Gasteiger partial charge on any atom is -0.497 e. The maximum Gasteiger partial charge on any atom is 0.229 e. The fourth-order valence-corrected chi connectivity index (χ4v) is 5.14. The molecule has 2 aromatic heterocycles. The molecule has 33 heavy (non-hydrogen) atoms. The minimum absolute atomic E-state index is 0.0215. The highest BCUT2D eigenvalue weighted by Crippen LogP contribution is 2.31. The van der Waals surface area contributed by atoms with Crippen LogP contribution < -0.4 is 15.0 Å². The highest BCUT2D eigenvalue weighted by atomic mass is 35.5. The molecule has 4 aromatic rings. The summed E-state index contributed by atoms with van der Waals surface area (Å²) in [5.74, 6) is 0.728. The molecule has 0 aliphatic carbocycles. The van der Waals surface area contributed by atoms with E-state index in [1.165, 1.54) is 0 Å². The number of carbonyl (C=O) groups is 1. The molecule has 1 unspecified atom stereocenters. The van der Waals surface area contributed by atoms with Gasteiger partial charge >= 0.3 is 0 Å². The summed E-state index contributed by atoms with van der Waals surface area (Å²) in [5, 5.41) is 9.30. The monoisotopic (exact) mass is 481 g/mol. The molecule has 1 N–H and O–H groups in total. The molecule has 0 bridgehead atoms. The SMILES string of the molecule is COc1ccc(-c2cn3nc(N4CCCC(C(=O)Nc5cc(Cl)ccc5C)C4)sc3n2)cc1. The number of methoxy groups -OCH3 is 1. The van der Waals surface area contributed by atoms with Crippen LogP contribution in [0.5, 0.6) is 5.75 Å². The summed E-state index contributed by atoms with van der Waals surface area (Å²) in [6.45, 7) is 3.47. The van der Waals surface area contributed by atoms with E-state index >= 15 is 0 Å². The maximum atomic E-state index is 13.0. The molecule has 0 saturated carbocycles. The maximum absolute atomic E-state index is 13.0. The molecule has 1 atom stereocenters. The van der Waals surface area contributed by atoms with Crippen LogP contribution in [-0.2, 0) is 4.79 Å². The number of amides is 1. The second kappa shape index (κ2) is 9.03. The minimum atomic E-state index is -0.108. The van der Waals surface area contributed by atoms with Crippen molar-refractivity contribution >= 4 is 44.6 Å². The summed E-state index contributed by atoms with van der Waals surface area (Å²) in [5.41, 5.74) is 3.65.